The van der Waals surface area contributed by atoms with Crippen LogP contribution in [0, 0.1) is 17.2 Å². The Kier molecular flexibility index (Phi) is 5.16. The lowest BCUT2D eigenvalue weighted by atomic mass is 9.90. The average molecular weight is 293 g/mol. The van der Waals surface area contributed by atoms with Crippen molar-refractivity contribution >= 4 is 17.4 Å². The third kappa shape index (κ3) is 4.10. The van der Waals surface area contributed by atoms with Crippen molar-refractivity contribution in [1.82, 2.24) is 0 Å². The molecule has 0 heterocycles. The van der Waals surface area contributed by atoms with E-state index in [0.717, 1.165) is 11.3 Å². The largest absolute Gasteiger partial charge is 0.323 e. The highest BCUT2D eigenvalue weighted by atomic mass is 16.2. The zero-order valence-electron chi connectivity index (χ0n) is 12.7. The number of amides is 2. The van der Waals surface area contributed by atoms with E-state index in [-0.39, 0.29) is 17.9 Å². The topological polar surface area (TPSA) is 64.9 Å². The molecule has 0 aliphatic carbocycles. The van der Waals surface area contributed by atoms with Crippen LogP contribution < -0.4 is 10.6 Å². The van der Waals surface area contributed by atoms with Gasteiger partial charge in [-0.3, -0.25) is 0 Å². The molecular formula is C18H19N3O. The quantitative estimate of drug-likeness (QED) is 0.865. The van der Waals surface area contributed by atoms with Crippen LogP contribution in [0.4, 0.5) is 16.2 Å². The minimum Gasteiger partial charge on any atom is -0.308 e. The van der Waals surface area contributed by atoms with E-state index in [9.17, 15) is 10.1 Å². The monoisotopic (exact) mass is 293 g/mol. The molecule has 0 unspecified atom stereocenters. The first-order valence-corrected chi connectivity index (χ1v) is 7.23. The Balaban J connectivity index is 1.99. The van der Waals surface area contributed by atoms with Crippen molar-refractivity contribution in [3.05, 3.63) is 60.2 Å². The standard InChI is InChI=1S/C18H19N3O/c1-13(2)17(12-19)14-8-10-16(11-9-14)21-18(22)20-15-6-4-3-5-7-15/h3-11,13,17H,1-2H3,(H2,20,21,22)/t17-/m0/s1. The van der Waals surface area contributed by atoms with E-state index in [2.05, 4.69) is 16.7 Å². The molecule has 0 fully saturated rings. The van der Waals surface area contributed by atoms with Gasteiger partial charge in [-0.25, -0.2) is 4.79 Å². The van der Waals surface area contributed by atoms with Crippen LogP contribution in [0.1, 0.15) is 25.3 Å². The fraction of sp³-hybridized carbons (Fsp3) is 0.222. The maximum Gasteiger partial charge on any atom is 0.323 e. The smallest absolute Gasteiger partial charge is 0.308 e. The van der Waals surface area contributed by atoms with Crippen molar-refractivity contribution in [3.8, 4) is 6.07 Å². The first-order valence-electron chi connectivity index (χ1n) is 7.23. The molecule has 0 saturated carbocycles. The fourth-order valence-corrected chi connectivity index (χ4v) is 2.20. The summed E-state index contributed by atoms with van der Waals surface area (Å²) < 4.78 is 0. The number of nitrogens with zero attached hydrogens (tertiary/aromatic N) is 1. The summed E-state index contributed by atoms with van der Waals surface area (Å²) >= 11 is 0. The molecule has 2 amide bonds. The molecular weight excluding hydrogens is 274 g/mol. The predicted octanol–water partition coefficient (Wildman–Crippen LogP) is 4.59. The van der Waals surface area contributed by atoms with E-state index < -0.39 is 0 Å². The summed E-state index contributed by atoms with van der Waals surface area (Å²) in [6.07, 6.45) is 0. The van der Waals surface area contributed by atoms with Crippen molar-refractivity contribution in [1.29, 1.82) is 5.26 Å². The fourth-order valence-electron chi connectivity index (χ4n) is 2.20. The number of nitrogens with one attached hydrogen (secondary N) is 2. The lowest BCUT2D eigenvalue weighted by Crippen LogP contribution is -2.19. The molecule has 0 aliphatic rings. The van der Waals surface area contributed by atoms with Gasteiger partial charge in [-0.05, 0) is 35.7 Å². The number of anilines is 2. The summed E-state index contributed by atoms with van der Waals surface area (Å²) in [4.78, 5) is 11.9. The molecule has 4 heteroatoms. The van der Waals surface area contributed by atoms with Gasteiger partial charge in [0.2, 0.25) is 0 Å². The Bertz CT molecular complexity index is 657. The second kappa shape index (κ2) is 7.28. The maximum atomic E-state index is 11.9. The van der Waals surface area contributed by atoms with E-state index in [1.807, 2.05) is 68.4 Å². The van der Waals surface area contributed by atoms with E-state index >= 15 is 0 Å². The summed E-state index contributed by atoms with van der Waals surface area (Å²) in [6.45, 7) is 4.04. The van der Waals surface area contributed by atoms with E-state index in [1.165, 1.54) is 0 Å². The lowest BCUT2D eigenvalue weighted by Gasteiger charge is -2.14. The first-order chi connectivity index (χ1) is 10.6. The molecule has 0 aromatic heterocycles. The second-order valence-electron chi connectivity index (χ2n) is 5.42. The number of benzene rings is 2. The highest BCUT2D eigenvalue weighted by molar-refractivity contribution is 5.99. The summed E-state index contributed by atoms with van der Waals surface area (Å²) in [6, 6.07) is 18.7. The SMILES string of the molecule is CC(C)[C@H](C#N)c1ccc(NC(=O)Nc2ccccc2)cc1. The lowest BCUT2D eigenvalue weighted by molar-refractivity contribution is 0.262. The van der Waals surface area contributed by atoms with E-state index in [1.54, 1.807) is 0 Å². The molecule has 0 aliphatic heterocycles. The third-order valence-corrected chi connectivity index (χ3v) is 3.37. The molecule has 2 aromatic rings. The van der Waals surface area contributed by atoms with Crippen molar-refractivity contribution in [2.45, 2.75) is 19.8 Å². The number of rotatable bonds is 4. The van der Waals surface area contributed by atoms with E-state index in [0.29, 0.717) is 5.69 Å². The molecule has 112 valence electrons. The minimum absolute atomic E-state index is 0.132. The van der Waals surface area contributed by atoms with Crippen molar-refractivity contribution < 1.29 is 4.79 Å². The predicted molar refractivity (Wildman–Crippen MR) is 88.7 cm³/mol. The van der Waals surface area contributed by atoms with E-state index in [4.69, 9.17) is 0 Å². The van der Waals surface area contributed by atoms with Crippen molar-refractivity contribution in [3.63, 3.8) is 0 Å². The number of carbonyl (C=O) groups is 1. The van der Waals surface area contributed by atoms with Crippen molar-refractivity contribution in [2.24, 2.45) is 5.92 Å². The summed E-state index contributed by atoms with van der Waals surface area (Å²) in [7, 11) is 0. The number of carbonyl (C=O) groups excluding carboxylic acids is 1. The van der Waals surface area contributed by atoms with Crippen LogP contribution in [-0.2, 0) is 0 Å². The summed E-state index contributed by atoms with van der Waals surface area (Å²) in [5.41, 5.74) is 2.39. The van der Waals surface area contributed by atoms with Gasteiger partial charge in [0.05, 0.1) is 12.0 Å². The molecule has 4 nitrogen and oxygen atoms in total. The number of para-hydroxylation sites is 1. The normalized spacial score (nSPS) is 11.5. The maximum absolute atomic E-state index is 11.9. The molecule has 2 N–H and O–H groups in total. The van der Waals surface area contributed by atoms with Crippen LogP contribution in [0.2, 0.25) is 0 Å². The van der Waals surface area contributed by atoms with Gasteiger partial charge in [0.15, 0.2) is 0 Å². The second-order valence-corrected chi connectivity index (χ2v) is 5.42. The van der Waals surface area contributed by atoms with Crippen LogP contribution in [0.25, 0.3) is 0 Å². The number of hydrogen-bond acceptors (Lipinski definition) is 2. The zero-order chi connectivity index (χ0) is 15.9. The van der Waals surface area contributed by atoms with Crippen LogP contribution in [0.15, 0.2) is 54.6 Å². The molecule has 0 bridgehead atoms. The highest BCUT2D eigenvalue weighted by Crippen LogP contribution is 2.24. The summed E-state index contributed by atoms with van der Waals surface area (Å²) in [5, 5.41) is 14.7. The summed E-state index contributed by atoms with van der Waals surface area (Å²) in [5.74, 6) is 0.123. The minimum atomic E-state index is -0.292. The van der Waals surface area contributed by atoms with Gasteiger partial charge in [0.1, 0.15) is 0 Å². The molecule has 22 heavy (non-hydrogen) atoms. The number of urea groups is 1. The van der Waals surface area contributed by atoms with Gasteiger partial charge in [0.25, 0.3) is 0 Å². The average Bonchev–Trinajstić information content (AvgIpc) is 2.50. The Labute approximate surface area is 130 Å². The first kappa shape index (κ1) is 15.6. The molecule has 2 rings (SSSR count). The molecule has 1 atom stereocenters. The van der Waals surface area contributed by atoms with Crippen molar-refractivity contribution in [2.75, 3.05) is 10.6 Å². The van der Waals surface area contributed by atoms with Gasteiger partial charge in [-0.1, -0.05) is 44.2 Å². The van der Waals surface area contributed by atoms with Gasteiger partial charge in [-0.2, -0.15) is 5.26 Å². The third-order valence-electron chi connectivity index (χ3n) is 3.37. The van der Waals surface area contributed by atoms with Gasteiger partial charge < -0.3 is 10.6 Å². The van der Waals surface area contributed by atoms with Gasteiger partial charge in [0, 0.05) is 11.4 Å². The van der Waals surface area contributed by atoms with Gasteiger partial charge >= 0.3 is 6.03 Å². The highest BCUT2D eigenvalue weighted by Gasteiger charge is 2.14. The van der Waals surface area contributed by atoms with Crippen LogP contribution in [-0.4, -0.2) is 6.03 Å². The van der Waals surface area contributed by atoms with Crippen LogP contribution >= 0.6 is 0 Å². The Morgan fingerprint density at radius 1 is 0.955 bits per heavy atom. The Morgan fingerprint density at radius 2 is 1.50 bits per heavy atom. The molecule has 0 saturated heterocycles. The number of nitriles is 1. The zero-order valence-corrected chi connectivity index (χ0v) is 12.7. The number of hydrogen-bond donors (Lipinski definition) is 2. The molecule has 2 aromatic carbocycles. The molecule has 0 radical (unpaired) electrons. The Morgan fingerprint density at radius 3 is 2.00 bits per heavy atom. The van der Waals surface area contributed by atoms with Gasteiger partial charge in [-0.15, -0.1) is 0 Å². The molecule has 0 spiro atoms. The Hall–Kier alpha value is -2.80. The van der Waals surface area contributed by atoms with Crippen LogP contribution in [0.5, 0.6) is 0 Å². The van der Waals surface area contributed by atoms with Crippen LogP contribution in [0.3, 0.4) is 0 Å².